The molecule has 2 N–H and O–H groups in total. The van der Waals surface area contributed by atoms with Gasteiger partial charge >= 0.3 is 0 Å². The van der Waals surface area contributed by atoms with Gasteiger partial charge in [0.05, 0.1) is 6.42 Å². The maximum absolute atomic E-state index is 12.7. The molecule has 0 aliphatic rings. The van der Waals surface area contributed by atoms with Crippen LogP contribution in [0.5, 0.6) is 0 Å². The quantitative estimate of drug-likeness (QED) is 0.729. The summed E-state index contributed by atoms with van der Waals surface area (Å²) in [6, 6.07) is 5.93. The zero-order valence-corrected chi connectivity index (χ0v) is 10.7. The van der Waals surface area contributed by atoms with Crippen LogP contribution in [0.25, 0.3) is 0 Å². The van der Waals surface area contributed by atoms with Crippen molar-refractivity contribution < 1.29 is 14.3 Å². The van der Waals surface area contributed by atoms with E-state index in [4.69, 9.17) is 5.11 Å². The lowest BCUT2D eigenvalue weighted by molar-refractivity contribution is -0.120. The summed E-state index contributed by atoms with van der Waals surface area (Å²) in [6.45, 7) is 2.77. The molecule has 0 heterocycles. The largest absolute Gasteiger partial charge is 0.396 e. The van der Waals surface area contributed by atoms with Gasteiger partial charge in [-0.2, -0.15) is 0 Å². The van der Waals surface area contributed by atoms with Crippen LogP contribution in [0.4, 0.5) is 4.39 Å². The molecule has 1 atom stereocenters. The lowest BCUT2D eigenvalue weighted by Gasteiger charge is -2.08. The van der Waals surface area contributed by atoms with Gasteiger partial charge in [0.25, 0.3) is 0 Å². The molecule has 1 unspecified atom stereocenters. The summed E-state index contributed by atoms with van der Waals surface area (Å²) in [5.74, 6) is -0.0746. The Balaban J connectivity index is 2.19. The SMILES string of the molecule is CC(CO)CCCNC(=O)Cc1ccc(F)cc1. The molecule has 1 aromatic carbocycles. The summed E-state index contributed by atoms with van der Waals surface area (Å²) in [5, 5.41) is 11.7. The van der Waals surface area contributed by atoms with Crippen LogP contribution in [0.1, 0.15) is 25.3 Å². The standard InChI is InChI=1S/C14H20FNO2/c1-11(10-17)3-2-8-16-14(18)9-12-4-6-13(15)7-5-12/h4-7,11,17H,2-3,8-10H2,1H3,(H,16,18). The van der Waals surface area contributed by atoms with E-state index in [0.717, 1.165) is 18.4 Å². The van der Waals surface area contributed by atoms with Gasteiger partial charge in [0, 0.05) is 13.2 Å². The second-order valence-corrected chi connectivity index (χ2v) is 4.58. The summed E-state index contributed by atoms with van der Waals surface area (Å²) < 4.78 is 12.7. The lowest BCUT2D eigenvalue weighted by Crippen LogP contribution is -2.26. The average molecular weight is 253 g/mol. The summed E-state index contributed by atoms with van der Waals surface area (Å²) in [7, 11) is 0. The van der Waals surface area contributed by atoms with Gasteiger partial charge in [-0.05, 0) is 36.5 Å². The summed E-state index contributed by atoms with van der Waals surface area (Å²) in [6.07, 6.45) is 2.03. The molecular weight excluding hydrogens is 233 g/mol. The van der Waals surface area contributed by atoms with Crippen molar-refractivity contribution >= 4 is 5.91 Å². The Hall–Kier alpha value is -1.42. The molecule has 4 heteroatoms. The fourth-order valence-electron chi connectivity index (χ4n) is 1.62. The molecular formula is C14H20FNO2. The van der Waals surface area contributed by atoms with Gasteiger partial charge in [0.15, 0.2) is 0 Å². The molecule has 0 fully saturated rings. The van der Waals surface area contributed by atoms with Crippen LogP contribution in [0.15, 0.2) is 24.3 Å². The van der Waals surface area contributed by atoms with Crippen LogP contribution in [-0.4, -0.2) is 24.2 Å². The molecule has 0 radical (unpaired) electrons. The molecule has 3 nitrogen and oxygen atoms in total. The second-order valence-electron chi connectivity index (χ2n) is 4.58. The van der Waals surface area contributed by atoms with Gasteiger partial charge in [-0.1, -0.05) is 19.1 Å². The number of carbonyl (C=O) groups excluding carboxylic acids is 1. The number of amides is 1. The van der Waals surface area contributed by atoms with Crippen molar-refractivity contribution in [2.45, 2.75) is 26.2 Å². The highest BCUT2D eigenvalue weighted by atomic mass is 19.1. The maximum atomic E-state index is 12.7. The van der Waals surface area contributed by atoms with Crippen LogP contribution in [0.3, 0.4) is 0 Å². The number of rotatable bonds is 7. The molecule has 0 aliphatic heterocycles. The molecule has 0 aliphatic carbocycles. The van der Waals surface area contributed by atoms with E-state index >= 15 is 0 Å². The summed E-state index contributed by atoms with van der Waals surface area (Å²) in [5.41, 5.74) is 0.803. The van der Waals surface area contributed by atoms with E-state index in [2.05, 4.69) is 5.32 Å². The van der Waals surface area contributed by atoms with E-state index in [0.29, 0.717) is 6.54 Å². The molecule has 1 rings (SSSR count). The molecule has 1 amide bonds. The Labute approximate surface area is 107 Å². The molecule has 0 bridgehead atoms. The first-order valence-electron chi connectivity index (χ1n) is 6.24. The Morgan fingerprint density at radius 2 is 2.06 bits per heavy atom. The minimum Gasteiger partial charge on any atom is -0.396 e. The van der Waals surface area contributed by atoms with Crippen molar-refractivity contribution in [3.05, 3.63) is 35.6 Å². The fraction of sp³-hybridized carbons (Fsp3) is 0.500. The number of hydrogen-bond acceptors (Lipinski definition) is 2. The number of nitrogens with one attached hydrogen (secondary N) is 1. The predicted octanol–water partition coefficient (Wildman–Crippen LogP) is 1.89. The van der Waals surface area contributed by atoms with Crippen LogP contribution < -0.4 is 5.32 Å². The van der Waals surface area contributed by atoms with Crippen molar-refractivity contribution in [1.82, 2.24) is 5.32 Å². The Kier molecular flexibility index (Phi) is 6.36. The first-order chi connectivity index (χ1) is 8.61. The van der Waals surface area contributed by atoms with Crippen LogP contribution in [0, 0.1) is 11.7 Å². The fourth-order valence-corrected chi connectivity index (χ4v) is 1.62. The zero-order valence-electron chi connectivity index (χ0n) is 10.7. The number of halogens is 1. The Morgan fingerprint density at radius 1 is 1.39 bits per heavy atom. The van der Waals surface area contributed by atoms with Crippen molar-refractivity contribution in [2.75, 3.05) is 13.2 Å². The van der Waals surface area contributed by atoms with Crippen molar-refractivity contribution in [3.63, 3.8) is 0 Å². The number of hydrogen-bond donors (Lipinski definition) is 2. The molecule has 0 spiro atoms. The molecule has 0 aromatic heterocycles. The van der Waals surface area contributed by atoms with Gasteiger partial charge in [0.2, 0.25) is 5.91 Å². The van der Waals surface area contributed by atoms with Gasteiger partial charge < -0.3 is 10.4 Å². The highest BCUT2D eigenvalue weighted by Crippen LogP contribution is 2.04. The molecule has 1 aromatic rings. The first kappa shape index (κ1) is 14.6. The normalized spacial score (nSPS) is 12.2. The predicted molar refractivity (Wildman–Crippen MR) is 68.6 cm³/mol. The minimum atomic E-state index is -0.294. The third-order valence-corrected chi connectivity index (χ3v) is 2.79. The molecule has 100 valence electrons. The van der Waals surface area contributed by atoms with Crippen molar-refractivity contribution in [3.8, 4) is 0 Å². The highest BCUT2D eigenvalue weighted by Gasteiger charge is 2.04. The molecule has 18 heavy (non-hydrogen) atoms. The van der Waals surface area contributed by atoms with E-state index in [-0.39, 0.29) is 30.7 Å². The number of aliphatic hydroxyl groups excluding tert-OH is 1. The number of benzene rings is 1. The van der Waals surface area contributed by atoms with Gasteiger partial charge in [0.1, 0.15) is 5.82 Å². The van der Waals surface area contributed by atoms with Crippen molar-refractivity contribution in [2.24, 2.45) is 5.92 Å². The highest BCUT2D eigenvalue weighted by molar-refractivity contribution is 5.78. The maximum Gasteiger partial charge on any atom is 0.224 e. The molecule has 0 saturated carbocycles. The van der Waals surface area contributed by atoms with E-state index in [1.165, 1.54) is 12.1 Å². The van der Waals surface area contributed by atoms with Crippen LogP contribution in [-0.2, 0) is 11.2 Å². The lowest BCUT2D eigenvalue weighted by atomic mass is 10.1. The van der Waals surface area contributed by atoms with E-state index in [1.54, 1.807) is 12.1 Å². The number of carbonyl (C=O) groups is 1. The van der Waals surface area contributed by atoms with Crippen LogP contribution in [0.2, 0.25) is 0 Å². The number of aliphatic hydroxyl groups is 1. The molecule has 0 saturated heterocycles. The third kappa shape index (κ3) is 5.77. The van der Waals surface area contributed by atoms with Crippen LogP contribution >= 0.6 is 0 Å². The smallest absolute Gasteiger partial charge is 0.224 e. The summed E-state index contributed by atoms with van der Waals surface area (Å²) in [4.78, 5) is 11.6. The van der Waals surface area contributed by atoms with Crippen molar-refractivity contribution in [1.29, 1.82) is 0 Å². The second kappa shape index (κ2) is 7.82. The zero-order chi connectivity index (χ0) is 13.4. The van der Waals surface area contributed by atoms with Gasteiger partial charge in [-0.25, -0.2) is 4.39 Å². The average Bonchev–Trinajstić information content (AvgIpc) is 2.37. The third-order valence-electron chi connectivity index (χ3n) is 2.79. The van der Waals surface area contributed by atoms with E-state index in [1.807, 2.05) is 6.92 Å². The van der Waals surface area contributed by atoms with Gasteiger partial charge in [-0.15, -0.1) is 0 Å². The van der Waals surface area contributed by atoms with E-state index in [9.17, 15) is 9.18 Å². The topological polar surface area (TPSA) is 49.3 Å². The monoisotopic (exact) mass is 253 g/mol. The van der Waals surface area contributed by atoms with Gasteiger partial charge in [-0.3, -0.25) is 4.79 Å². The minimum absolute atomic E-state index is 0.0572. The van der Waals surface area contributed by atoms with E-state index < -0.39 is 0 Å². The summed E-state index contributed by atoms with van der Waals surface area (Å²) >= 11 is 0. The Morgan fingerprint density at radius 3 is 2.67 bits per heavy atom. The Bertz CT molecular complexity index is 365. The first-order valence-corrected chi connectivity index (χ1v) is 6.24.